The highest BCUT2D eigenvalue weighted by Gasteiger charge is 2.42. The van der Waals surface area contributed by atoms with Gasteiger partial charge in [0.05, 0.1) is 25.1 Å². The van der Waals surface area contributed by atoms with Crippen molar-refractivity contribution in [3.63, 3.8) is 0 Å². The zero-order chi connectivity index (χ0) is 18.7. The Balaban J connectivity index is 1.67. The molecule has 0 aromatic carbocycles. The first-order valence-corrected chi connectivity index (χ1v) is 8.53. The monoisotopic (exact) mass is 364 g/mol. The number of carbonyl (C=O) groups excluding carboxylic acids is 1. The van der Waals surface area contributed by atoms with E-state index < -0.39 is 6.10 Å². The Labute approximate surface area is 150 Å². The smallest absolute Gasteiger partial charge is 0.293 e. The van der Waals surface area contributed by atoms with Gasteiger partial charge in [0, 0.05) is 19.0 Å². The quantitative estimate of drug-likeness (QED) is 0.483. The Morgan fingerprint density at radius 1 is 1.46 bits per heavy atom. The second-order valence-corrected chi connectivity index (χ2v) is 6.58. The van der Waals surface area contributed by atoms with Crippen LogP contribution in [0, 0.1) is 5.92 Å². The molecular weight excluding hydrogens is 340 g/mol. The summed E-state index contributed by atoms with van der Waals surface area (Å²) in [5, 5.41) is 10.6. The average Bonchev–Trinajstić information content (AvgIpc) is 3.16. The van der Waals surface area contributed by atoms with Crippen LogP contribution in [0.1, 0.15) is 19.6 Å². The minimum Gasteiger partial charge on any atom is -0.468 e. The van der Waals surface area contributed by atoms with Gasteiger partial charge in [0.1, 0.15) is 18.1 Å². The number of imidazole rings is 1. The number of fused-ring (bicyclic) bond motifs is 1. The number of carbonyl (C=O) groups is 1. The van der Waals surface area contributed by atoms with Gasteiger partial charge in [0.2, 0.25) is 0 Å². The number of rotatable bonds is 8. The number of nitrogens with two attached hydrogens (primary N) is 1. The highest BCUT2D eigenvalue weighted by Crippen LogP contribution is 2.36. The molecule has 1 aliphatic heterocycles. The van der Waals surface area contributed by atoms with Crippen LogP contribution in [0.4, 0.5) is 5.82 Å². The maximum Gasteiger partial charge on any atom is 0.293 e. The molecule has 0 saturated carbocycles. The molecule has 10 heteroatoms. The molecule has 3 heterocycles. The number of nitrogen functional groups attached to an aromatic ring is 1. The van der Waals surface area contributed by atoms with Gasteiger partial charge < -0.3 is 25.2 Å². The number of nitrogens with zero attached hydrogens (tertiary/aromatic N) is 5. The molecule has 1 saturated heterocycles. The minimum atomic E-state index is -0.620. The van der Waals surface area contributed by atoms with Gasteiger partial charge in [-0.2, -0.15) is 0 Å². The number of ether oxygens (including phenoxy) is 2. The fourth-order valence-electron chi connectivity index (χ4n) is 3.28. The molecule has 0 radical (unpaired) electrons. The van der Waals surface area contributed by atoms with Gasteiger partial charge in [0.25, 0.3) is 6.47 Å². The molecule has 26 heavy (non-hydrogen) atoms. The van der Waals surface area contributed by atoms with E-state index in [2.05, 4.69) is 19.7 Å². The van der Waals surface area contributed by atoms with Crippen LogP contribution in [0.15, 0.2) is 12.7 Å². The van der Waals surface area contributed by atoms with Crippen molar-refractivity contribution in [2.24, 2.45) is 5.92 Å². The molecule has 0 amide bonds. The average molecular weight is 364 g/mol. The van der Waals surface area contributed by atoms with Crippen molar-refractivity contribution in [3.05, 3.63) is 12.7 Å². The summed E-state index contributed by atoms with van der Waals surface area (Å²) in [6, 6.07) is 0. The fraction of sp³-hybridized carbons (Fsp3) is 0.625. The summed E-state index contributed by atoms with van der Waals surface area (Å²) in [5.74, 6) is 0.175. The summed E-state index contributed by atoms with van der Waals surface area (Å²) in [7, 11) is 1.94. The van der Waals surface area contributed by atoms with Crippen molar-refractivity contribution in [3.8, 4) is 0 Å². The number of aliphatic hydroxyl groups excluding tert-OH is 1. The van der Waals surface area contributed by atoms with Gasteiger partial charge in [-0.3, -0.25) is 9.36 Å². The Kier molecular flexibility index (Phi) is 5.64. The predicted octanol–water partition coefficient (Wildman–Crippen LogP) is -0.202. The van der Waals surface area contributed by atoms with Crippen molar-refractivity contribution in [1.29, 1.82) is 0 Å². The SMILES string of the molecule is C[C@H]1C(n2cnc3c(N)ncnc32)OC(CN(C)CCCOC=O)[C@H]1O. The molecule has 1 aliphatic rings. The van der Waals surface area contributed by atoms with E-state index in [1.165, 1.54) is 6.33 Å². The van der Waals surface area contributed by atoms with E-state index in [1.807, 2.05) is 18.9 Å². The summed E-state index contributed by atoms with van der Waals surface area (Å²) in [6.07, 6.45) is 2.37. The summed E-state index contributed by atoms with van der Waals surface area (Å²) in [5.41, 5.74) is 6.94. The normalized spacial score (nSPS) is 25.8. The van der Waals surface area contributed by atoms with Crippen molar-refractivity contribution in [1.82, 2.24) is 24.4 Å². The van der Waals surface area contributed by atoms with Crippen LogP contribution in [0.2, 0.25) is 0 Å². The lowest BCUT2D eigenvalue weighted by molar-refractivity contribution is -0.128. The van der Waals surface area contributed by atoms with Gasteiger partial charge in [-0.25, -0.2) is 15.0 Å². The van der Waals surface area contributed by atoms with Gasteiger partial charge >= 0.3 is 0 Å². The van der Waals surface area contributed by atoms with Crippen molar-refractivity contribution in [2.45, 2.75) is 31.8 Å². The summed E-state index contributed by atoms with van der Waals surface area (Å²) in [4.78, 5) is 24.7. The first kappa shape index (κ1) is 18.5. The van der Waals surface area contributed by atoms with E-state index in [1.54, 1.807) is 10.9 Å². The number of aliphatic hydroxyl groups is 1. The second-order valence-electron chi connectivity index (χ2n) is 6.58. The van der Waals surface area contributed by atoms with E-state index >= 15 is 0 Å². The lowest BCUT2D eigenvalue weighted by Gasteiger charge is -2.22. The van der Waals surface area contributed by atoms with Crippen molar-refractivity contribution >= 4 is 23.5 Å². The standard InChI is InChI=1S/C16H24N6O4/c1-10-13(24)11(6-21(2)4-3-5-25-9-23)26-16(10)22-8-20-12-14(17)18-7-19-15(12)22/h7-11,13,16,24H,3-6H2,1-2H3,(H2,17,18,19)/t10-,11?,13+,16?/m1/s1. The lowest BCUT2D eigenvalue weighted by atomic mass is 10.0. The van der Waals surface area contributed by atoms with Gasteiger partial charge in [0.15, 0.2) is 11.5 Å². The van der Waals surface area contributed by atoms with Crippen LogP contribution in [0.5, 0.6) is 0 Å². The maximum absolute atomic E-state index is 10.6. The van der Waals surface area contributed by atoms with E-state index in [-0.39, 0.29) is 18.2 Å². The third-order valence-electron chi connectivity index (χ3n) is 4.71. The van der Waals surface area contributed by atoms with Crippen LogP contribution in [0.3, 0.4) is 0 Å². The van der Waals surface area contributed by atoms with Gasteiger partial charge in [-0.15, -0.1) is 0 Å². The molecule has 10 nitrogen and oxygen atoms in total. The summed E-state index contributed by atoms with van der Waals surface area (Å²) in [6.45, 7) is 4.05. The van der Waals surface area contributed by atoms with Crippen LogP contribution >= 0.6 is 0 Å². The molecule has 2 aromatic heterocycles. The molecule has 0 spiro atoms. The number of hydrogen-bond acceptors (Lipinski definition) is 9. The Hall–Kier alpha value is -2.30. The topological polar surface area (TPSA) is 129 Å². The number of hydrogen-bond donors (Lipinski definition) is 2. The van der Waals surface area contributed by atoms with Gasteiger partial charge in [-0.1, -0.05) is 6.92 Å². The number of anilines is 1. The third kappa shape index (κ3) is 3.62. The highest BCUT2D eigenvalue weighted by molar-refractivity contribution is 5.81. The molecule has 2 unspecified atom stereocenters. The van der Waals surface area contributed by atoms with Crippen LogP contribution < -0.4 is 5.73 Å². The fourth-order valence-corrected chi connectivity index (χ4v) is 3.28. The molecule has 142 valence electrons. The Morgan fingerprint density at radius 2 is 2.27 bits per heavy atom. The zero-order valence-electron chi connectivity index (χ0n) is 14.9. The molecule has 2 aromatic rings. The van der Waals surface area contributed by atoms with Crippen molar-refractivity contribution < 1.29 is 19.4 Å². The molecule has 4 atom stereocenters. The highest BCUT2D eigenvalue weighted by atomic mass is 16.5. The number of likely N-dealkylation sites (N-methyl/N-ethyl adjacent to an activating group) is 1. The minimum absolute atomic E-state index is 0.139. The third-order valence-corrected chi connectivity index (χ3v) is 4.71. The first-order chi connectivity index (χ1) is 12.5. The summed E-state index contributed by atoms with van der Waals surface area (Å²) < 4.78 is 12.6. The first-order valence-electron chi connectivity index (χ1n) is 8.53. The lowest BCUT2D eigenvalue weighted by Crippen LogP contribution is -2.37. The van der Waals surface area contributed by atoms with Crippen LogP contribution in [-0.4, -0.2) is 74.9 Å². The summed E-state index contributed by atoms with van der Waals surface area (Å²) >= 11 is 0. The Bertz CT molecular complexity index is 753. The molecule has 3 rings (SSSR count). The van der Waals surface area contributed by atoms with Gasteiger partial charge in [-0.05, 0) is 13.5 Å². The van der Waals surface area contributed by atoms with E-state index in [9.17, 15) is 9.90 Å². The second kappa shape index (κ2) is 7.94. The molecule has 1 fully saturated rings. The largest absolute Gasteiger partial charge is 0.468 e. The molecule has 3 N–H and O–H groups in total. The van der Waals surface area contributed by atoms with E-state index in [0.717, 1.165) is 13.0 Å². The maximum atomic E-state index is 10.6. The van der Waals surface area contributed by atoms with E-state index in [0.29, 0.717) is 36.6 Å². The zero-order valence-corrected chi connectivity index (χ0v) is 14.9. The molecule has 0 bridgehead atoms. The van der Waals surface area contributed by atoms with E-state index in [4.69, 9.17) is 10.5 Å². The predicted molar refractivity (Wildman–Crippen MR) is 92.9 cm³/mol. The number of aromatic nitrogens is 4. The molecular formula is C16H24N6O4. The van der Waals surface area contributed by atoms with Crippen LogP contribution in [0.25, 0.3) is 11.2 Å². The Morgan fingerprint density at radius 3 is 3.04 bits per heavy atom. The van der Waals surface area contributed by atoms with Crippen LogP contribution in [-0.2, 0) is 14.3 Å². The van der Waals surface area contributed by atoms with Crippen molar-refractivity contribution in [2.75, 3.05) is 32.5 Å². The molecule has 0 aliphatic carbocycles.